The standard InChI is InChI=1S/C11H13BrClN3O/c1-8(13)6-16(2)7-11(17)15-10-4-3-9(12)5-14-10/h3-5H,1,6-7H2,2H3,(H,14,15,17). The molecule has 6 heteroatoms. The highest BCUT2D eigenvalue weighted by atomic mass is 79.9. The van der Waals surface area contributed by atoms with E-state index in [-0.39, 0.29) is 12.5 Å². The van der Waals surface area contributed by atoms with Crippen LogP contribution in [0.25, 0.3) is 0 Å². The van der Waals surface area contributed by atoms with Gasteiger partial charge in [-0.15, -0.1) is 0 Å². The van der Waals surface area contributed by atoms with Crippen LogP contribution in [-0.4, -0.2) is 35.9 Å². The van der Waals surface area contributed by atoms with Crippen molar-refractivity contribution in [3.05, 3.63) is 34.4 Å². The first kappa shape index (κ1) is 14.2. The number of amides is 1. The summed E-state index contributed by atoms with van der Waals surface area (Å²) in [5.41, 5.74) is 0. The number of aromatic nitrogens is 1. The zero-order chi connectivity index (χ0) is 12.8. The summed E-state index contributed by atoms with van der Waals surface area (Å²) >= 11 is 8.92. The first-order valence-electron chi connectivity index (χ1n) is 4.90. The zero-order valence-corrected chi connectivity index (χ0v) is 11.8. The third kappa shape index (κ3) is 5.81. The highest BCUT2D eigenvalue weighted by Gasteiger charge is 2.07. The monoisotopic (exact) mass is 317 g/mol. The minimum absolute atomic E-state index is 0.139. The lowest BCUT2D eigenvalue weighted by atomic mass is 10.4. The van der Waals surface area contributed by atoms with E-state index < -0.39 is 0 Å². The van der Waals surface area contributed by atoms with E-state index in [9.17, 15) is 4.79 Å². The molecule has 0 aromatic carbocycles. The summed E-state index contributed by atoms with van der Waals surface area (Å²) in [5, 5.41) is 3.19. The fraction of sp³-hybridized carbons (Fsp3) is 0.273. The van der Waals surface area contributed by atoms with Gasteiger partial charge in [0.1, 0.15) is 5.82 Å². The molecular formula is C11H13BrClN3O. The van der Waals surface area contributed by atoms with Gasteiger partial charge < -0.3 is 5.32 Å². The number of hydrogen-bond donors (Lipinski definition) is 1. The van der Waals surface area contributed by atoms with Crippen LogP contribution in [0.2, 0.25) is 0 Å². The van der Waals surface area contributed by atoms with Crippen molar-refractivity contribution in [2.24, 2.45) is 0 Å². The van der Waals surface area contributed by atoms with Gasteiger partial charge in [0.2, 0.25) is 5.91 Å². The topological polar surface area (TPSA) is 45.2 Å². The SMILES string of the molecule is C=C(Cl)CN(C)CC(=O)Nc1ccc(Br)cn1. The summed E-state index contributed by atoms with van der Waals surface area (Å²) in [6.07, 6.45) is 1.62. The van der Waals surface area contributed by atoms with Crippen LogP contribution in [-0.2, 0) is 4.79 Å². The van der Waals surface area contributed by atoms with Gasteiger partial charge >= 0.3 is 0 Å². The number of carbonyl (C=O) groups excluding carboxylic acids is 1. The molecule has 0 saturated heterocycles. The van der Waals surface area contributed by atoms with Gasteiger partial charge in [-0.05, 0) is 35.1 Å². The second-order valence-electron chi connectivity index (χ2n) is 3.60. The van der Waals surface area contributed by atoms with Crippen LogP contribution in [0, 0.1) is 0 Å². The number of likely N-dealkylation sites (N-methyl/N-ethyl adjacent to an activating group) is 1. The number of nitrogens with zero attached hydrogens (tertiary/aromatic N) is 2. The van der Waals surface area contributed by atoms with Gasteiger partial charge in [-0.1, -0.05) is 18.2 Å². The molecule has 17 heavy (non-hydrogen) atoms. The molecule has 1 amide bonds. The molecule has 0 fully saturated rings. The van der Waals surface area contributed by atoms with Crippen molar-refractivity contribution in [3.63, 3.8) is 0 Å². The first-order chi connectivity index (χ1) is 7.97. The zero-order valence-electron chi connectivity index (χ0n) is 9.41. The van der Waals surface area contributed by atoms with Gasteiger partial charge in [0.25, 0.3) is 0 Å². The lowest BCUT2D eigenvalue weighted by Gasteiger charge is -2.14. The van der Waals surface area contributed by atoms with E-state index in [1.54, 1.807) is 24.2 Å². The van der Waals surface area contributed by atoms with E-state index in [4.69, 9.17) is 11.6 Å². The van der Waals surface area contributed by atoms with Crippen molar-refractivity contribution < 1.29 is 4.79 Å². The molecule has 1 aromatic rings. The number of anilines is 1. The van der Waals surface area contributed by atoms with E-state index >= 15 is 0 Å². The summed E-state index contributed by atoms with van der Waals surface area (Å²) in [4.78, 5) is 17.4. The smallest absolute Gasteiger partial charge is 0.239 e. The quantitative estimate of drug-likeness (QED) is 0.907. The number of nitrogens with one attached hydrogen (secondary N) is 1. The molecule has 0 unspecified atom stereocenters. The van der Waals surface area contributed by atoms with E-state index in [0.29, 0.717) is 17.4 Å². The Bertz CT molecular complexity index is 408. The van der Waals surface area contributed by atoms with Crippen molar-refractivity contribution in [2.45, 2.75) is 0 Å². The number of pyridine rings is 1. The highest BCUT2D eigenvalue weighted by Crippen LogP contribution is 2.10. The molecule has 0 aliphatic rings. The summed E-state index contributed by atoms with van der Waals surface area (Å²) in [7, 11) is 1.79. The Morgan fingerprint density at radius 3 is 2.82 bits per heavy atom. The Balaban J connectivity index is 2.44. The largest absolute Gasteiger partial charge is 0.310 e. The van der Waals surface area contributed by atoms with E-state index in [2.05, 4.69) is 32.8 Å². The summed E-state index contributed by atoms with van der Waals surface area (Å²) in [6, 6.07) is 3.54. The maximum atomic E-state index is 11.6. The predicted molar refractivity (Wildman–Crippen MR) is 73.1 cm³/mol. The average molecular weight is 319 g/mol. The average Bonchev–Trinajstić information content (AvgIpc) is 2.19. The number of hydrogen-bond acceptors (Lipinski definition) is 3. The summed E-state index contributed by atoms with van der Waals surface area (Å²) in [5.74, 6) is 0.386. The maximum Gasteiger partial charge on any atom is 0.239 e. The summed E-state index contributed by atoms with van der Waals surface area (Å²) < 4.78 is 0.867. The lowest BCUT2D eigenvalue weighted by molar-refractivity contribution is -0.116. The number of carbonyl (C=O) groups is 1. The van der Waals surface area contributed by atoms with Gasteiger partial charge in [-0.25, -0.2) is 4.98 Å². The normalized spacial score (nSPS) is 10.4. The maximum absolute atomic E-state index is 11.6. The van der Waals surface area contributed by atoms with Crippen LogP contribution in [0.4, 0.5) is 5.82 Å². The van der Waals surface area contributed by atoms with Crippen LogP contribution < -0.4 is 5.32 Å². The predicted octanol–water partition coefficient (Wildman–Crippen LogP) is 2.47. The second-order valence-corrected chi connectivity index (χ2v) is 5.05. The molecule has 4 nitrogen and oxygen atoms in total. The molecule has 0 spiro atoms. The number of halogens is 2. The fourth-order valence-corrected chi connectivity index (χ4v) is 1.66. The molecule has 1 heterocycles. The first-order valence-corrected chi connectivity index (χ1v) is 6.07. The van der Waals surface area contributed by atoms with Crippen molar-refractivity contribution >= 4 is 39.3 Å². The Morgan fingerprint density at radius 1 is 1.59 bits per heavy atom. The molecule has 0 bridgehead atoms. The van der Waals surface area contributed by atoms with Crippen LogP contribution in [0.15, 0.2) is 34.4 Å². The Kier molecular flexibility index (Phi) is 5.61. The molecule has 0 aliphatic heterocycles. The molecule has 1 N–H and O–H groups in total. The minimum Gasteiger partial charge on any atom is -0.310 e. The van der Waals surface area contributed by atoms with Crippen LogP contribution in [0.1, 0.15) is 0 Å². The van der Waals surface area contributed by atoms with Crippen LogP contribution >= 0.6 is 27.5 Å². The van der Waals surface area contributed by atoms with E-state index in [0.717, 1.165) is 4.47 Å². The number of rotatable bonds is 5. The van der Waals surface area contributed by atoms with Gasteiger partial charge in [0, 0.05) is 22.2 Å². The van der Waals surface area contributed by atoms with Gasteiger partial charge in [0.05, 0.1) is 6.54 Å². The van der Waals surface area contributed by atoms with Gasteiger partial charge in [-0.3, -0.25) is 9.69 Å². The van der Waals surface area contributed by atoms with Crippen LogP contribution in [0.3, 0.4) is 0 Å². The van der Waals surface area contributed by atoms with Crippen molar-refractivity contribution in [1.82, 2.24) is 9.88 Å². The van der Waals surface area contributed by atoms with Crippen molar-refractivity contribution in [1.29, 1.82) is 0 Å². The van der Waals surface area contributed by atoms with Crippen molar-refractivity contribution in [3.8, 4) is 0 Å². The third-order valence-electron chi connectivity index (χ3n) is 1.85. The molecule has 0 radical (unpaired) electrons. The third-order valence-corrected chi connectivity index (χ3v) is 2.44. The Labute approximate surface area is 114 Å². The Hall–Kier alpha value is -0.910. The summed E-state index contributed by atoms with van der Waals surface area (Å²) in [6.45, 7) is 4.29. The van der Waals surface area contributed by atoms with Gasteiger partial charge in [-0.2, -0.15) is 0 Å². The molecular weight excluding hydrogens is 305 g/mol. The second kappa shape index (κ2) is 6.74. The van der Waals surface area contributed by atoms with E-state index in [1.165, 1.54) is 0 Å². The van der Waals surface area contributed by atoms with Gasteiger partial charge in [0.15, 0.2) is 0 Å². The highest BCUT2D eigenvalue weighted by molar-refractivity contribution is 9.10. The van der Waals surface area contributed by atoms with E-state index in [1.807, 2.05) is 6.07 Å². The molecule has 92 valence electrons. The Morgan fingerprint density at radius 2 is 2.29 bits per heavy atom. The molecule has 0 aliphatic carbocycles. The molecule has 0 atom stereocenters. The lowest BCUT2D eigenvalue weighted by Crippen LogP contribution is -2.31. The minimum atomic E-state index is -0.139. The fourth-order valence-electron chi connectivity index (χ4n) is 1.23. The molecule has 1 aromatic heterocycles. The molecule has 0 saturated carbocycles. The molecule has 1 rings (SSSR count). The van der Waals surface area contributed by atoms with Crippen molar-refractivity contribution in [2.75, 3.05) is 25.5 Å². The van der Waals surface area contributed by atoms with Crippen LogP contribution in [0.5, 0.6) is 0 Å².